The Hall–Kier alpha value is -0.510. The molecule has 0 unspecified atom stereocenters. The van der Waals surface area contributed by atoms with E-state index >= 15 is 0 Å². The van der Waals surface area contributed by atoms with Crippen molar-refractivity contribution in [1.29, 1.82) is 0 Å². The molecule has 1 aromatic carbocycles. The van der Waals surface area contributed by atoms with Crippen LogP contribution in [0.25, 0.3) is 5.73 Å². The van der Waals surface area contributed by atoms with Gasteiger partial charge in [0.2, 0.25) is 0 Å². The predicted octanol–water partition coefficient (Wildman–Crippen LogP) is 0.263. The van der Waals surface area contributed by atoms with Crippen LogP contribution in [0, 0.1) is 5.41 Å². The van der Waals surface area contributed by atoms with Gasteiger partial charge in [-0.05, 0) is 37.2 Å². The summed E-state index contributed by atoms with van der Waals surface area (Å²) in [5.41, 5.74) is 9.44. The van der Waals surface area contributed by atoms with E-state index in [-0.39, 0.29) is 29.6 Å². The number of nitrogens with one attached hydrogen (secondary N) is 1. The minimum absolute atomic E-state index is 0. The quantitative estimate of drug-likeness (QED) is 0.709. The third kappa shape index (κ3) is 2.58. The topological polar surface area (TPSA) is 44.1 Å². The Morgan fingerprint density at radius 1 is 1.11 bits per heavy atom. The molecule has 18 heavy (non-hydrogen) atoms. The van der Waals surface area contributed by atoms with Gasteiger partial charge in [-0.3, -0.25) is 0 Å². The number of hydrogen-bond donors (Lipinski definition) is 0. The summed E-state index contributed by atoms with van der Waals surface area (Å²) in [6.07, 6.45) is 5.26. The van der Waals surface area contributed by atoms with Gasteiger partial charge in [0.1, 0.15) is 0 Å². The molecule has 0 atom stereocenters. The van der Waals surface area contributed by atoms with E-state index in [1.54, 1.807) is 6.07 Å². The van der Waals surface area contributed by atoms with Crippen molar-refractivity contribution in [3.05, 3.63) is 35.6 Å². The van der Waals surface area contributed by atoms with Gasteiger partial charge in [0.05, 0.1) is 5.91 Å². The number of anilines is 1. The largest absolute Gasteiger partial charge is 1.00 e. The number of amides is 1. The molecule has 4 heteroatoms. The summed E-state index contributed by atoms with van der Waals surface area (Å²) in [5.74, 6) is -0.577. The van der Waals surface area contributed by atoms with Crippen LogP contribution >= 0.6 is 0 Å². The van der Waals surface area contributed by atoms with Gasteiger partial charge in [-0.1, -0.05) is 18.2 Å². The molecule has 1 saturated carbocycles. The molecular weight excluding hydrogens is 235 g/mol. The molecule has 1 aliphatic carbocycles. The van der Waals surface area contributed by atoms with Gasteiger partial charge < -0.3 is 15.4 Å². The van der Waals surface area contributed by atoms with Crippen LogP contribution in [0.1, 0.15) is 36.0 Å². The molecule has 1 aliphatic heterocycles. The molecule has 3 nitrogen and oxygen atoms in total. The van der Waals surface area contributed by atoms with Crippen molar-refractivity contribution in [2.24, 2.45) is 5.41 Å². The Morgan fingerprint density at radius 2 is 1.72 bits per heavy atom. The number of rotatable bonds is 2. The molecule has 2 fully saturated rings. The van der Waals surface area contributed by atoms with Gasteiger partial charge in [0.15, 0.2) is 0 Å². The van der Waals surface area contributed by atoms with Crippen molar-refractivity contribution in [1.82, 2.24) is 0 Å². The Bertz CT molecular complexity index is 447. The number of para-hydroxylation sites is 1. The summed E-state index contributed by atoms with van der Waals surface area (Å²) >= 11 is 0. The summed E-state index contributed by atoms with van der Waals surface area (Å²) in [6.45, 7) is 2.06. The molecule has 1 spiro atoms. The maximum atomic E-state index is 11.3. The standard InChI is InChI=1S/C14H18N2O.Na/c15-13(17)11-3-1-2-4-12(11)16-9-7-14(5-6-14)8-10-16;/h1-4H,5-10H2,(H2,15,17);/q;+1/p-1. The van der Waals surface area contributed by atoms with Gasteiger partial charge in [-0.2, -0.15) is 0 Å². The van der Waals surface area contributed by atoms with E-state index in [1.807, 2.05) is 18.2 Å². The summed E-state index contributed by atoms with van der Waals surface area (Å²) < 4.78 is 0. The van der Waals surface area contributed by atoms with Crippen LogP contribution < -0.4 is 34.5 Å². The first kappa shape index (κ1) is 13.9. The van der Waals surface area contributed by atoms with Gasteiger partial charge in [-0.25, -0.2) is 0 Å². The summed E-state index contributed by atoms with van der Waals surface area (Å²) in [7, 11) is 0. The van der Waals surface area contributed by atoms with Gasteiger partial charge in [-0.15, -0.1) is 0 Å². The molecule has 2 aliphatic rings. The maximum Gasteiger partial charge on any atom is 1.00 e. The SMILES string of the molecule is [NH-]C(=O)c1ccccc1N1CCC2(CC1)CC2.[Na+]. The molecule has 0 radical (unpaired) electrons. The fourth-order valence-electron chi connectivity index (χ4n) is 2.84. The second-order valence-corrected chi connectivity index (χ2v) is 5.33. The first-order chi connectivity index (χ1) is 8.20. The van der Waals surface area contributed by atoms with Crippen LogP contribution in [-0.4, -0.2) is 19.0 Å². The second kappa shape index (κ2) is 5.24. The van der Waals surface area contributed by atoms with Crippen molar-refractivity contribution in [2.75, 3.05) is 18.0 Å². The predicted molar refractivity (Wildman–Crippen MR) is 68.2 cm³/mol. The Morgan fingerprint density at radius 3 is 2.28 bits per heavy atom. The number of benzene rings is 1. The summed E-state index contributed by atoms with van der Waals surface area (Å²) in [6, 6.07) is 7.50. The average molecular weight is 252 g/mol. The Labute approximate surface area is 130 Å². The van der Waals surface area contributed by atoms with Crippen LogP contribution in [-0.2, 0) is 0 Å². The summed E-state index contributed by atoms with van der Waals surface area (Å²) in [4.78, 5) is 13.6. The van der Waals surface area contributed by atoms with E-state index in [0.29, 0.717) is 11.0 Å². The third-order valence-corrected chi connectivity index (χ3v) is 4.27. The number of piperidine rings is 1. The monoisotopic (exact) mass is 252 g/mol. The van der Waals surface area contributed by atoms with Crippen LogP contribution in [0.2, 0.25) is 0 Å². The first-order valence-electron chi connectivity index (χ1n) is 6.30. The van der Waals surface area contributed by atoms with E-state index in [1.165, 1.54) is 25.7 Å². The zero-order valence-electron chi connectivity index (χ0n) is 10.9. The van der Waals surface area contributed by atoms with Crippen molar-refractivity contribution in [3.8, 4) is 0 Å². The Balaban J connectivity index is 0.00000120. The van der Waals surface area contributed by atoms with E-state index in [0.717, 1.165) is 18.8 Å². The molecular formula is C14H17N2NaO. The van der Waals surface area contributed by atoms with Crippen LogP contribution in [0.4, 0.5) is 5.69 Å². The zero-order chi connectivity index (χ0) is 11.9. The molecule has 1 heterocycles. The normalized spacial score (nSPS) is 20.3. The minimum Gasteiger partial charge on any atom is -0.663 e. The number of carbonyl (C=O) groups is 1. The van der Waals surface area contributed by atoms with Crippen molar-refractivity contribution in [2.45, 2.75) is 25.7 Å². The molecule has 1 saturated heterocycles. The molecule has 1 aromatic rings. The summed E-state index contributed by atoms with van der Waals surface area (Å²) in [5, 5.41) is 0. The smallest absolute Gasteiger partial charge is 0.663 e. The molecule has 90 valence electrons. The average Bonchev–Trinajstić information content (AvgIpc) is 3.10. The van der Waals surface area contributed by atoms with Crippen molar-refractivity contribution >= 4 is 11.6 Å². The molecule has 1 N–H and O–H groups in total. The number of hydrogen-bond acceptors (Lipinski definition) is 2. The maximum absolute atomic E-state index is 11.3. The van der Waals surface area contributed by atoms with E-state index in [2.05, 4.69) is 4.90 Å². The van der Waals surface area contributed by atoms with E-state index in [4.69, 9.17) is 5.73 Å². The molecule has 3 rings (SSSR count). The third-order valence-electron chi connectivity index (χ3n) is 4.27. The number of nitrogens with zero attached hydrogens (tertiary/aromatic N) is 1. The number of carbonyl (C=O) groups excluding carboxylic acids is 1. The van der Waals surface area contributed by atoms with Crippen molar-refractivity contribution < 1.29 is 34.4 Å². The minimum atomic E-state index is -0.577. The zero-order valence-corrected chi connectivity index (χ0v) is 12.9. The second-order valence-electron chi connectivity index (χ2n) is 5.33. The van der Waals surface area contributed by atoms with Crippen LogP contribution in [0.15, 0.2) is 24.3 Å². The fourth-order valence-corrected chi connectivity index (χ4v) is 2.84. The van der Waals surface area contributed by atoms with E-state index < -0.39 is 5.91 Å². The fraction of sp³-hybridized carbons (Fsp3) is 0.500. The van der Waals surface area contributed by atoms with Gasteiger partial charge >= 0.3 is 29.6 Å². The molecule has 0 aromatic heterocycles. The van der Waals surface area contributed by atoms with Crippen LogP contribution in [0.3, 0.4) is 0 Å². The van der Waals surface area contributed by atoms with Gasteiger partial charge in [0, 0.05) is 24.3 Å². The molecule has 1 amide bonds. The van der Waals surface area contributed by atoms with Gasteiger partial charge in [0.25, 0.3) is 0 Å². The Kier molecular flexibility index (Phi) is 4.05. The van der Waals surface area contributed by atoms with Crippen molar-refractivity contribution in [3.63, 3.8) is 0 Å². The first-order valence-corrected chi connectivity index (χ1v) is 6.30. The van der Waals surface area contributed by atoms with E-state index in [9.17, 15) is 4.79 Å². The van der Waals surface area contributed by atoms with Crippen LogP contribution in [0.5, 0.6) is 0 Å². The molecule has 0 bridgehead atoms.